The molecule has 0 saturated carbocycles. The van der Waals surface area contributed by atoms with E-state index in [1.807, 2.05) is 32.9 Å². The lowest BCUT2D eigenvalue weighted by molar-refractivity contribution is 0.232. The third-order valence-electron chi connectivity index (χ3n) is 3.94. The Morgan fingerprint density at radius 3 is 2.58 bits per heavy atom. The first-order valence-electron chi connectivity index (χ1n) is 9.39. The lowest BCUT2D eigenvalue weighted by Gasteiger charge is -2.13. The minimum absolute atomic E-state index is 0.0276. The van der Waals surface area contributed by atoms with Crippen LogP contribution in [0.2, 0.25) is 0 Å². The topological polar surface area (TPSA) is 127 Å². The van der Waals surface area contributed by atoms with Gasteiger partial charge in [-0.05, 0) is 44.9 Å². The molecule has 4 heterocycles. The predicted molar refractivity (Wildman–Crippen MR) is 117 cm³/mol. The number of nitrogens with one attached hydrogen (secondary N) is 2. The molecule has 0 amide bonds. The predicted octanol–water partition coefficient (Wildman–Crippen LogP) is 3.86. The molecule has 0 saturated heterocycles. The molecular weight excluding hydrogens is 423 g/mol. The summed E-state index contributed by atoms with van der Waals surface area (Å²) in [4.78, 5) is 17.0. The Morgan fingerprint density at radius 2 is 1.90 bits per heavy atom. The Labute approximate surface area is 182 Å². The third-order valence-corrected chi connectivity index (χ3v) is 3.94. The van der Waals surface area contributed by atoms with E-state index < -0.39 is 5.82 Å². The zero-order valence-corrected chi connectivity index (χ0v) is 18.3. The number of rotatable bonds is 6. The number of fused-ring (bicyclic) bond motifs is 1. The molecule has 0 bridgehead atoms. The molecule has 164 valence electrons. The summed E-state index contributed by atoms with van der Waals surface area (Å²) in [5, 5.41) is 10.3. The number of hydrogen-bond acceptors (Lipinski definition) is 9. The van der Waals surface area contributed by atoms with Crippen molar-refractivity contribution in [1.82, 2.24) is 34.7 Å². The molecule has 0 fully saturated rings. The maximum Gasteiger partial charge on any atom is 0.234 e. The number of imidazole rings is 1. The minimum atomic E-state index is -0.472. The van der Waals surface area contributed by atoms with Crippen molar-refractivity contribution in [3.63, 3.8) is 0 Å². The van der Waals surface area contributed by atoms with Gasteiger partial charge in [0.1, 0.15) is 29.3 Å². The summed E-state index contributed by atoms with van der Waals surface area (Å²) in [6.45, 7) is 5.75. The van der Waals surface area contributed by atoms with Crippen molar-refractivity contribution in [2.24, 2.45) is 0 Å². The van der Waals surface area contributed by atoms with Gasteiger partial charge in [0, 0.05) is 12.3 Å². The van der Waals surface area contributed by atoms with E-state index in [-0.39, 0.29) is 12.1 Å². The summed E-state index contributed by atoms with van der Waals surface area (Å²) in [5.41, 5.74) is 1.38. The van der Waals surface area contributed by atoms with Gasteiger partial charge in [0.15, 0.2) is 11.5 Å². The molecule has 12 heteroatoms. The van der Waals surface area contributed by atoms with E-state index in [4.69, 9.17) is 9.29 Å². The van der Waals surface area contributed by atoms with E-state index >= 15 is 0 Å². The summed E-state index contributed by atoms with van der Waals surface area (Å²) in [5.74, 6) is 1.81. The van der Waals surface area contributed by atoms with E-state index in [1.165, 1.54) is 0 Å². The number of aromatic nitrogens is 7. The quantitative estimate of drug-likeness (QED) is 0.378. The van der Waals surface area contributed by atoms with E-state index in [0.29, 0.717) is 29.0 Å². The van der Waals surface area contributed by atoms with Gasteiger partial charge >= 0.3 is 0 Å². The lowest BCUT2D eigenvalue weighted by atomic mass is 10.3. The number of ether oxygens (including phenoxy) is 1. The number of H-pyrrole nitrogens is 1. The highest BCUT2D eigenvalue weighted by molar-refractivity contribution is 7.93. The average Bonchev–Trinajstić information content (AvgIpc) is 3.35. The van der Waals surface area contributed by atoms with E-state index in [9.17, 15) is 4.39 Å². The molecule has 0 aliphatic rings. The Kier molecular flexibility index (Phi) is 7.36. The van der Waals surface area contributed by atoms with Gasteiger partial charge in [-0.1, -0.05) is 0 Å². The molecule has 4 aromatic rings. The lowest BCUT2D eigenvalue weighted by Crippen LogP contribution is -2.11. The fourth-order valence-corrected chi connectivity index (χ4v) is 2.70. The molecule has 3 N–H and O–H groups in total. The molecule has 0 unspecified atom stereocenters. The first-order chi connectivity index (χ1) is 14.9. The summed E-state index contributed by atoms with van der Waals surface area (Å²) < 4.78 is 27.9. The summed E-state index contributed by atoms with van der Waals surface area (Å²) in [7, 11) is 0. The fourth-order valence-electron chi connectivity index (χ4n) is 2.70. The normalized spacial score (nSPS) is 11.8. The highest BCUT2D eigenvalue weighted by atomic mass is 32.2. The molecule has 4 rings (SSSR count). The monoisotopic (exact) mass is 446 g/mol. The fraction of sp³-hybridized carbons (Fsp3) is 0.316. The molecule has 0 radical (unpaired) electrons. The molecule has 0 spiro atoms. The smallest absolute Gasteiger partial charge is 0.234 e. The van der Waals surface area contributed by atoms with Gasteiger partial charge in [-0.3, -0.25) is 9.67 Å². The number of nitrogens with zero attached hydrogens (tertiary/aromatic N) is 6. The molecule has 0 aromatic carbocycles. The van der Waals surface area contributed by atoms with Crippen LogP contribution in [0.5, 0.6) is 5.88 Å². The van der Waals surface area contributed by atoms with Crippen molar-refractivity contribution in [1.29, 1.82) is 0 Å². The SMILES string of the molecule is CC(C)Oc1cc(-n2cnc3ccc(N[C@@H](C)c4ncc(F)cn4)nc32)[nH]n1.CSO. The van der Waals surface area contributed by atoms with Crippen LogP contribution in [-0.4, -0.2) is 51.6 Å². The van der Waals surface area contributed by atoms with Crippen LogP contribution in [0, 0.1) is 5.82 Å². The number of hydrogen-bond donors (Lipinski definition) is 3. The van der Waals surface area contributed by atoms with Crippen LogP contribution in [0.4, 0.5) is 10.2 Å². The Morgan fingerprint density at radius 1 is 1.19 bits per heavy atom. The number of halogens is 1. The van der Waals surface area contributed by atoms with Crippen LogP contribution in [-0.2, 0) is 0 Å². The van der Waals surface area contributed by atoms with Gasteiger partial charge in [-0.2, -0.15) is 0 Å². The first kappa shape index (κ1) is 22.4. The average molecular weight is 447 g/mol. The van der Waals surface area contributed by atoms with Gasteiger partial charge in [0.25, 0.3) is 0 Å². The van der Waals surface area contributed by atoms with Crippen molar-refractivity contribution in [3.8, 4) is 11.7 Å². The largest absolute Gasteiger partial charge is 0.474 e. The summed E-state index contributed by atoms with van der Waals surface area (Å²) >= 11 is 0.750. The van der Waals surface area contributed by atoms with Crippen LogP contribution in [0.3, 0.4) is 0 Å². The van der Waals surface area contributed by atoms with Crippen molar-refractivity contribution in [2.45, 2.75) is 32.9 Å². The summed E-state index contributed by atoms with van der Waals surface area (Å²) in [6.07, 6.45) is 5.57. The van der Waals surface area contributed by atoms with Crippen LogP contribution in [0.25, 0.3) is 17.0 Å². The zero-order chi connectivity index (χ0) is 22.4. The number of aromatic amines is 1. The molecule has 31 heavy (non-hydrogen) atoms. The van der Waals surface area contributed by atoms with Crippen LogP contribution in [0.1, 0.15) is 32.6 Å². The highest BCUT2D eigenvalue weighted by Crippen LogP contribution is 2.22. The van der Waals surface area contributed by atoms with Crippen LogP contribution in [0.15, 0.2) is 36.9 Å². The van der Waals surface area contributed by atoms with Gasteiger partial charge in [-0.15, -0.1) is 5.10 Å². The standard InChI is InChI=1S/C18H19FN8O.CH4OS/c1-10(2)28-16-6-15(25-26-16)27-9-22-13-4-5-14(24-18(13)27)23-11(3)17-20-7-12(19)8-21-17;1-3-2/h4-11H,1-3H3,(H,23,24)(H,25,26);2H,1H3/t11-;/m0./s1. The maximum absolute atomic E-state index is 13.0. The zero-order valence-electron chi connectivity index (χ0n) is 17.4. The number of pyridine rings is 1. The molecule has 10 nitrogen and oxygen atoms in total. The Hall–Kier alpha value is -3.25. The summed E-state index contributed by atoms with van der Waals surface area (Å²) in [6, 6.07) is 5.22. The van der Waals surface area contributed by atoms with E-state index in [0.717, 1.165) is 30.0 Å². The van der Waals surface area contributed by atoms with Crippen molar-refractivity contribution in [3.05, 3.63) is 48.6 Å². The molecule has 0 aliphatic heterocycles. The Balaban J connectivity index is 0.000000858. The molecular formula is C19H23FN8O2S. The number of anilines is 1. The van der Waals surface area contributed by atoms with Gasteiger partial charge < -0.3 is 14.6 Å². The van der Waals surface area contributed by atoms with Crippen molar-refractivity contribution >= 4 is 29.0 Å². The second-order valence-corrected chi connectivity index (χ2v) is 7.09. The van der Waals surface area contributed by atoms with E-state index in [2.05, 4.69) is 35.5 Å². The van der Waals surface area contributed by atoms with Gasteiger partial charge in [-0.25, -0.2) is 24.3 Å². The maximum atomic E-state index is 13.0. The van der Waals surface area contributed by atoms with Crippen molar-refractivity contribution in [2.75, 3.05) is 11.6 Å². The molecule has 0 aliphatic carbocycles. The molecule has 4 aromatic heterocycles. The Bertz CT molecular complexity index is 1120. The second kappa shape index (κ2) is 10.2. The first-order valence-corrected chi connectivity index (χ1v) is 10.6. The minimum Gasteiger partial charge on any atom is -0.474 e. The van der Waals surface area contributed by atoms with Crippen molar-refractivity contribution < 1.29 is 13.7 Å². The van der Waals surface area contributed by atoms with Crippen LogP contribution >= 0.6 is 12.0 Å². The van der Waals surface area contributed by atoms with Gasteiger partial charge in [0.05, 0.1) is 24.5 Å². The molecule has 1 atom stereocenters. The third kappa shape index (κ3) is 5.67. The van der Waals surface area contributed by atoms with Crippen LogP contribution < -0.4 is 10.1 Å². The van der Waals surface area contributed by atoms with E-state index in [1.54, 1.807) is 23.2 Å². The highest BCUT2D eigenvalue weighted by Gasteiger charge is 2.13. The van der Waals surface area contributed by atoms with Gasteiger partial charge in [0.2, 0.25) is 5.88 Å². The second-order valence-electron chi connectivity index (χ2n) is 6.72.